The molecule has 2 aliphatic carbocycles. The van der Waals surface area contributed by atoms with Gasteiger partial charge in [0.15, 0.2) is 30.4 Å². The summed E-state index contributed by atoms with van der Waals surface area (Å²) in [5.41, 5.74) is -3.08. The molecule has 0 bridgehead atoms. The van der Waals surface area contributed by atoms with Gasteiger partial charge in [-0.1, -0.05) is 19.1 Å². The van der Waals surface area contributed by atoms with E-state index in [2.05, 4.69) is 4.90 Å². The minimum absolute atomic E-state index is 0.00851. The van der Waals surface area contributed by atoms with Gasteiger partial charge in [-0.25, -0.2) is 0 Å². The van der Waals surface area contributed by atoms with Crippen LogP contribution in [0.1, 0.15) is 89.1 Å². The second-order valence-corrected chi connectivity index (χ2v) is 13.6. The molecule has 0 aromatic heterocycles. The van der Waals surface area contributed by atoms with Crippen molar-refractivity contribution < 1.29 is 62.9 Å². The number of rotatable bonds is 9. The maximum Gasteiger partial charge on any atom is 0.202 e. The molecule has 1 unspecified atom stereocenters. The van der Waals surface area contributed by atoms with Crippen molar-refractivity contribution in [1.82, 2.24) is 4.90 Å². The van der Waals surface area contributed by atoms with Crippen LogP contribution in [0.3, 0.4) is 0 Å². The first-order chi connectivity index (χ1) is 23.9. The molecule has 3 heterocycles. The molecule has 50 heavy (non-hydrogen) atoms. The zero-order valence-electron chi connectivity index (χ0n) is 28.7. The van der Waals surface area contributed by atoms with Crippen molar-refractivity contribution in [2.45, 2.75) is 101 Å². The van der Waals surface area contributed by atoms with Crippen molar-refractivity contribution in [3.8, 4) is 17.2 Å². The van der Waals surface area contributed by atoms with Crippen LogP contribution in [0, 0.1) is 0 Å². The van der Waals surface area contributed by atoms with E-state index in [9.17, 15) is 29.7 Å². The minimum Gasteiger partial charge on any atom is -0.507 e. The molecule has 7 rings (SSSR count). The summed E-state index contributed by atoms with van der Waals surface area (Å²) in [5, 5.41) is 35.7. The second kappa shape index (κ2) is 13.3. The summed E-state index contributed by atoms with van der Waals surface area (Å²) in [6.45, 7) is 6.17. The fourth-order valence-corrected chi connectivity index (χ4v) is 8.01. The molecular formula is C36H43NO13. The number of hydrogen-bond donors (Lipinski definition) is 3. The molecule has 5 aliphatic rings. The molecule has 3 aliphatic heterocycles. The molecule has 3 saturated heterocycles. The lowest BCUT2D eigenvalue weighted by Gasteiger charge is -2.43. The average molecular weight is 698 g/mol. The van der Waals surface area contributed by atoms with Crippen LogP contribution in [-0.2, 0) is 39.6 Å². The number of aromatic hydroxyl groups is 2. The van der Waals surface area contributed by atoms with Crippen molar-refractivity contribution in [2.24, 2.45) is 0 Å². The molecule has 2 aromatic rings. The SMILES string of the molecule is CCC(C)OCC(=O)[C@]1(O)Cc2c(O)c3c(c(O)c2[C@@H](O[C@H]2C[C@H]4[C@H](O[C@@H]5[C@@H](OC)OCCN54)[C@H](C)O2)C1)C(=O)c1c(OC)cccc1C3=O. The Morgan fingerprint density at radius 3 is 2.58 bits per heavy atom. The number of Topliss-reactive ketones (excluding diaryl/α,β-unsaturated/α-hetero) is 1. The maximum atomic E-state index is 14.0. The largest absolute Gasteiger partial charge is 0.507 e. The van der Waals surface area contributed by atoms with Gasteiger partial charge in [-0.3, -0.25) is 19.3 Å². The second-order valence-electron chi connectivity index (χ2n) is 13.6. The van der Waals surface area contributed by atoms with Crippen molar-refractivity contribution in [3.05, 3.63) is 51.6 Å². The Bertz CT molecular complexity index is 1710. The minimum atomic E-state index is -2.12. The molecular weight excluding hydrogens is 654 g/mol. The van der Waals surface area contributed by atoms with E-state index in [4.69, 9.17) is 33.2 Å². The Morgan fingerprint density at radius 2 is 1.86 bits per heavy atom. The van der Waals surface area contributed by atoms with Gasteiger partial charge in [-0.15, -0.1) is 0 Å². The van der Waals surface area contributed by atoms with Crippen LogP contribution < -0.4 is 4.74 Å². The van der Waals surface area contributed by atoms with Gasteiger partial charge in [0.25, 0.3) is 0 Å². The van der Waals surface area contributed by atoms with Gasteiger partial charge in [0.05, 0.1) is 48.7 Å². The first-order valence-electron chi connectivity index (χ1n) is 17.0. The highest BCUT2D eigenvalue weighted by Gasteiger charge is 2.55. The molecule has 3 fully saturated rings. The third kappa shape index (κ3) is 5.53. The Kier molecular flexibility index (Phi) is 9.27. The molecule has 0 amide bonds. The number of hydrogen-bond acceptors (Lipinski definition) is 14. The van der Waals surface area contributed by atoms with E-state index >= 15 is 0 Å². The Hall–Kier alpha value is -3.47. The van der Waals surface area contributed by atoms with Crippen LogP contribution in [0.2, 0.25) is 0 Å². The van der Waals surface area contributed by atoms with Crippen LogP contribution >= 0.6 is 0 Å². The fourth-order valence-electron chi connectivity index (χ4n) is 8.01. The number of methoxy groups -OCH3 is 2. The lowest BCUT2D eigenvalue weighted by Crippen LogP contribution is -2.55. The van der Waals surface area contributed by atoms with E-state index in [1.165, 1.54) is 19.2 Å². The number of carbonyl (C=O) groups excluding carboxylic acids is 3. The predicted octanol–water partition coefficient (Wildman–Crippen LogP) is 2.53. The van der Waals surface area contributed by atoms with Crippen LogP contribution in [-0.4, -0.2) is 120 Å². The van der Waals surface area contributed by atoms with Gasteiger partial charge in [-0.2, -0.15) is 0 Å². The van der Waals surface area contributed by atoms with Crippen molar-refractivity contribution in [2.75, 3.05) is 34.0 Å². The normalized spacial score (nSPS) is 32.4. The van der Waals surface area contributed by atoms with Crippen molar-refractivity contribution >= 4 is 17.3 Å². The molecule has 2 aromatic carbocycles. The molecule has 0 radical (unpaired) electrons. The molecule has 9 atom stereocenters. The number of carbonyl (C=O) groups is 3. The standard InChI is InChI=1S/C36H43NO13/c1-6-16(2)47-15-23(38)36(43)13-19-26(32(42)28-27(30(19)40)29(39)18-8-7-9-21(44-4)25(18)31(28)41)22(14-36)49-24-12-20-33(17(3)48-24)50-34-35(45-5)46-11-10-37(20)34/h7-9,16-17,20,22,24,33-35,40,42-43H,6,10-15H2,1-5H3/t16?,17-,20-,22-,24-,33+,34+,35-,36-/m0/s1. The molecule has 14 nitrogen and oxygen atoms in total. The Balaban J connectivity index is 1.29. The van der Waals surface area contributed by atoms with Gasteiger partial charge in [0.2, 0.25) is 5.78 Å². The first kappa shape index (κ1) is 35.0. The monoisotopic (exact) mass is 697 g/mol. The summed E-state index contributed by atoms with van der Waals surface area (Å²) in [6.07, 6.45) is -4.08. The van der Waals surface area contributed by atoms with E-state index in [0.717, 1.165) is 0 Å². The summed E-state index contributed by atoms with van der Waals surface area (Å²) in [5.74, 6) is -3.17. The molecule has 3 N–H and O–H groups in total. The lowest BCUT2D eigenvalue weighted by molar-refractivity contribution is -0.256. The third-order valence-corrected chi connectivity index (χ3v) is 10.8. The fraction of sp³-hybridized carbons (Fsp3) is 0.583. The van der Waals surface area contributed by atoms with Gasteiger partial charge in [-0.05, 0) is 26.3 Å². The molecule has 270 valence electrons. The molecule has 14 heteroatoms. The van der Waals surface area contributed by atoms with Gasteiger partial charge in [0, 0.05) is 55.6 Å². The van der Waals surface area contributed by atoms with Crippen LogP contribution in [0.5, 0.6) is 17.2 Å². The van der Waals surface area contributed by atoms with E-state index < -0.39 is 89.6 Å². The summed E-state index contributed by atoms with van der Waals surface area (Å²) in [6, 6.07) is 4.35. The number of fused-ring (bicyclic) bond motifs is 6. The van der Waals surface area contributed by atoms with E-state index in [0.29, 0.717) is 26.0 Å². The number of ether oxygens (including phenoxy) is 7. The zero-order chi connectivity index (χ0) is 35.6. The predicted molar refractivity (Wildman–Crippen MR) is 172 cm³/mol. The number of phenols is 2. The summed E-state index contributed by atoms with van der Waals surface area (Å²) in [7, 11) is 2.91. The van der Waals surface area contributed by atoms with Crippen LogP contribution in [0.25, 0.3) is 0 Å². The van der Waals surface area contributed by atoms with Gasteiger partial charge >= 0.3 is 0 Å². The van der Waals surface area contributed by atoms with Crippen LogP contribution in [0.4, 0.5) is 0 Å². The Morgan fingerprint density at radius 1 is 1.10 bits per heavy atom. The first-order valence-corrected chi connectivity index (χ1v) is 17.0. The highest BCUT2D eigenvalue weighted by Crippen LogP contribution is 2.53. The molecule has 0 saturated carbocycles. The molecule has 0 spiro atoms. The average Bonchev–Trinajstić information content (AvgIpc) is 3.49. The van der Waals surface area contributed by atoms with E-state index in [-0.39, 0.29) is 52.7 Å². The summed E-state index contributed by atoms with van der Waals surface area (Å²) < 4.78 is 41.4. The summed E-state index contributed by atoms with van der Waals surface area (Å²) >= 11 is 0. The topological polar surface area (TPSA) is 180 Å². The van der Waals surface area contributed by atoms with Crippen molar-refractivity contribution in [1.29, 1.82) is 0 Å². The van der Waals surface area contributed by atoms with Crippen LogP contribution in [0.15, 0.2) is 18.2 Å². The Labute approximate surface area is 289 Å². The maximum absolute atomic E-state index is 14.0. The third-order valence-electron chi connectivity index (χ3n) is 10.8. The summed E-state index contributed by atoms with van der Waals surface area (Å²) in [4.78, 5) is 43.7. The highest BCUT2D eigenvalue weighted by atomic mass is 16.7. The number of phenolic OH excluding ortho intramolecular Hbond substituents is 2. The quantitative estimate of drug-likeness (QED) is 0.278. The smallest absolute Gasteiger partial charge is 0.202 e. The number of nitrogens with zero attached hydrogens (tertiary/aromatic N) is 1. The van der Waals surface area contributed by atoms with E-state index in [1.807, 2.05) is 13.8 Å². The highest BCUT2D eigenvalue weighted by molar-refractivity contribution is 6.31. The number of ketones is 3. The van der Waals surface area contributed by atoms with E-state index in [1.54, 1.807) is 20.1 Å². The zero-order valence-corrected chi connectivity index (χ0v) is 28.7. The van der Waals surface area contributed by atoms with Gasteiger partial charge < -0.3 is 48.5 Å². The number of morpholine rings is 1. The number of aliphatic hydroxyl groups is 1. The lowest BCUT2D eigenvalue weighted by atomic mass is 9.72. The number of benzene rings is 2. The van der Waals surface area contributed by atoms with Gasteiger partial charge in [0.1, 0.15) is 35.6 Å². The van der Waals surface area contributed by atoms with Crippen molar-refractivity contribution in [3.63, 3.8) is 0 Å².